The van der Waals surface area contributed by atoms with Crippen LogP contribution < -0.4 is 5.32 Å². The van der Waals surface area contributed by atoms with Crippen molar-refractivity contribution in [1.29, 1.82) is 0 Å². The van der Waals surface area contributed by atoms with E-state index in [4.69, 9.17) is 0 Å². The Hall–Kier alpha value is -0.470. The van der Waals surface area contributed by atoms with E-state index in [2.05, 4.69) is 56.0 Å². The maximum absolute atomic E-state index is 3.74. The summed E-state index contributed by atoms with van der Waals surface area (Å²) in [5, 5.41) is 3.74. The van der Waals surface area contributed by atoms with Crippen LogP contribution in [-0.4, -0.2) is 18.1 Å². The zero-order valence-corrected chi connectivity index (χ0v) is 14.8. The van der Waals surface area contributed by atoms with Gasteiger partial charge in [0.05, 0.1) is 0 Å². The summed E-state index contributed by atoms with van der Waals surface area (Å²) in [7, 11) is 0. The zero-order valence-electron chi connectivity index (χ0n) is 14.0. The van der Waals surface area contributed by atoms with Gasteiger partial charge in [-0.2, -0.15) is 11.8 Å². The third-order valence-corrected chi connectivity index (χ3v) is 5.96. The molecular formula is C19H31NS. The number of aryl methyl sites for hydroxylation is 2. The van der Waals surface area contributed by atoms with Crippen molar-refractivity contribution < 1.29 is 0 Å². The van der Waals surface area contributed by atoms with Gasteiger partial charge in [-0.1, -0.05) is 38.0 Å². The van der Waals surface area contributed by atoms with Crippen LogP contribution in [0.4, 0.5) is 0 Å². The fourth-order valence-electron chi connectivity index (χ4n) is 3.10. The van der Waals surface area contributed by atoms with Crippen LogP contribution in [-0.2, 0) is 0 Å². The van der Waals surface area contributed by atoms with Crippen molar-refractivity contribution in [2.45, 2.75) is 58.9 Å². The molecule has 1 aliphatic carbocycles. The number of thioether (sulfide) groups is 1. The van der Waals surface area contributed by atoms with Crippen molar-refractivity contribution in [3.8, 4) is 0 Å². The van der Waals surface area contributed by atoms with Crippen LogP contribution in [0.2, 0.25) is 0 Å². The second kappa shape index (κ2) is 8.85. The summed E-state index contributed by atoms with van der Waals surface area (Å²) < 4.78 is 0. The van der Waals surface area contributed by atoms with Gasteiger partial charge in [-0.3, -0.25) is 0 Å². The molecule has 1 N–H and O–H groups in total. The van der Waals surface area contributed by atoms with E-state index in [9.17, 15) is 0 Å². The first-order valence-corrected chi connectivity index (χ1v) is 9.74. The predicted octanol–water partition coefficient (Wildman–Crippen LogP) is 5.27. The quantitative estimate of drug-likeness (QED) is 0.702. The monoisotopic (exact) mass is 305 g/mol. The summed E-state index contributed by atoms with van der Waals surface area (Å²) in [5.74, 6) is 3.55. The van der Waals surface area contributed by atoms with Gasteiger partial charge in [0.1, 0.15) is 0 Å². The molecule has 1 aliphatic rings. The Balaban J connectivity index is 1.90. The molecule has 1 nitrogen and oxygen atoms in total. The molecule has 0 aliphatic heterocycles. The van der Waals surface area contributed by atoms with Crippen LogP contribution in [0.3, 0.4) is 0 Å². The van der Waals surface area contributed by atoms with Gasteiger partial charge >= 0.3 is 0 Å². The van der Waals surface area contributed by atoms with E-state index in [0.717, 1.165) is 12.5 Å². The SMILES string of the molecule is CCCNC(CSCC1CCCC1)c1ccc(C)c(C)c1. The van der Waals surface area contributed by atoms with E-state index in [0.29, 0.717) is 6.04 Å². The molecule has 0 saturated heterocycles. The van der Waals surface area contributed by atoms with E-state index >= 15 is 0 Å². The molecule has 0 bridgehead atoms. The molecule has 0 heterocycles. The summed E-state index contributed by atoms with van der Waals surface area (Å²) in [6.07, 6.45) is 7.04. The third-order valence-electron chi connectivity index (χ3n) is 4.69. The third kappa shape index (κ3) is 5.34. The minimum absolute atomic E-state index is 0.510. The highest BCUT2D eigenvalue weighted by Gasteiger charge is 2.17. The molecule has 0 radical (unpaired) electrons. The molecule has 21 heavy (non-hydrogen) atoms. The number of hydrogen-bond donors (Lipinski definition) is 1. The highest BCUT2D eigenvalue weighted by Crippen LogP contribution is 2.29. The molecule has 2 heteroatoms. The van der Waals surface area contributed by atoms with Gasteiger partial charge in [0.15, 0.2) is 0 Å². The van der Waals surface area contributed by atoms with E-state index in [1.807, 2.05) is 0 Å². The second-order valence-electron chi connectivity index (χ2n) is 6.54. The fourth-order valence-corrected chi connectivity index (χ4v) is 4.45. The maximum atomic E-state index is 3.74. The first-order valence-electron chi connectivity index (χ1n) is 8.59. The molecular weight excluding hydrogens is 274 g/mol. The number of nitrogens with one attached hydrogen (secondary N) is 1. The molecule has 1 saturated carbocycles. The van der Waals surface area contributed by atoms with Crippen molar-refractivity contribution in [3.63, 3.8) is 0 Å². The van der Waals surface area contributed by atoms with E-state index in [-0.39, 0.29) is 0 Å². The van der Waals surface area contributed by atoms with Gasteiger partial charge in [0.25, 0.3) is 0 Å². The molecule has 1 aromatic rings. The van der Waals surface area contributed by atoms with Crippen molar-refractivity contribution in [1.82, 2.24) is 5.32 Å². The van der Waals surface area contributed by atoms with Crippen LogP contribution in [0, 0.1) is 19.8 Å². The van der Waals surface area contributed by atoms with Crippen LogP contribution in [0.1, 0.15) is 61.8 Å². The summed E-state index contributed by atoms with van der Waals surface area (Å²) >= 11 is 2.15. The maximum Gasteiger partial charge on any atom is 0.0411 e. The van der Waals surface area contributed by atoms with Gasteiger partial charge in [-0.05, 0) is 68.0 Å². The van der Waals surface area contributed by atoms with E-state index < -0.39 is 0 Å². The van der Waals surface area contributed by atoms with Gasteiger partial charge in [-0.15, -0.1) is 0 Å². The molecule has 2 rings (SSSR count). The van der Waals surface area contributed by atoms with Crippen molar-refractivity contribution in [2.24, 2.45) is 5.92 Å². The number of benzene rings is 1. The lowest BCUT2D eigenvalue weighted by atomic mass is 10.0. The van der Waals surface area contributed by atoms with Gasteiger partial charge in [0, 0.05) is 11.8 Å². The van der Waals surface area contributed by atoms with Crippen molar-refractivity contribution in [2.75, 3.05) is 18.1 Å². The minimum atomic E-state index is 0.510. The van der Waals surface area contributed by atoms with Crippen LogP contribution >= 0.6 is 11.8 Å². The van der Waals surface area contributed by atoms with Crippen LogP contribution in [0.25, 0.3) is 0 Å². The Morgan fingerprint density at radius 2 is 1.95 bits per heavy atom. The summed E-state index contributed by atoms with van der Waals surface area (Å²) in [5.41, 5.74) is 4.27. The Morgan fingerprint density at radius 1 is 1.19 bits per heavy atom. The zero-order chi connectivity index (χ0) is 15.1. The molecule has 1 unspecified atom stereocenters. The molecule has 0 spiro atoms. The van der Waals surface area contributed by atoms with Crippen LogP contribution in [0.5, 0.6) is 0 Å². The normalized spacial score (nSPS) is 17.3. The Bertz CT molecular complexity index is 424. The van der Waals surface area contributed by atoms with Crippen molar-refractivity contribution >= 4 is 11.8 Å². The average molecular weight is 306 g/mol. The lowest BCUT2D eigenvalue weighted by Crippen LogP contribution is -2.24. The predicted molar refractivity (Wildman–Crippen MR) is 96.2 cm³/mol. The van der Waals surface area contributed by atoms with Gasteiger partial charge < -0.3 is 5.32 Å². The Labute approximate surface area is 135 Å². The largest absolute Gasteiger partial charge is 0.309 e. The Kier molecular flexibility index (Phi) is 7.12. The highest BCUT2D eigenvalue weighted by atomic mass is 32.2. The van der Waals surface area contributed by atoms with Gasteiger partial charge in [-0.25, -0.2) is 0 Å². The highest BCUT2D eigenvalue weighted by molar-refractivity contribution is 7.99. The molecule has 118 valence electrons. The van der Waals surface area contributed by atoms with Crippen molar-refractivity contribution in [3.05, 3.63) is 34.9 Å². The molecule has 0 amide bonds. The lowest BCUT2D eigenvalue weighted by molar-refractivity contribution is 0.574. The standard InChI is InChI=1S/C19H31NS/c1-4-11-20-19(14-21-13-17-7-5-6-8-17)18-10-9-15(2)16(3)12-18/h9-10,12,17,19-20H,4-8,11,13-14H2,1-3H3. The first-order chi connectivity index (χ1) is 10.2. The topological polar surface area (TPSA) is 12.0 Å². The summed E-state index contributed by atoms with van der Waals surface area (Å²) in [4.78, 5) is 0. The smallest absolute Gasteiger partial charge is 0.0411 e. The minimum Gasteiger partial charge on any atom is -0.309 e. The van der Waals surface area contributed by atoms with E-state index in [1.54, 1.807) is 0 Å². The molecule has 1 fully saturated rings. The van der Waals surface area contributed by atoms with Crippen LogP contribution in [0.15, 0.2) is 18.2 Å². The Morgan fingerprint density at radius 3 is 2.62 bits per heavy atom. The van der Waals surface area contributed by atoms with Gasteiger partial charge in [0.2, 0.25) is 0 Å². The molecule has 1 aromatic carbocycles. The summed E-state index contributed by atoms with van der Waals surface area (Å²) in [6.45, 7) is 7.78. The fraction of sp³-hybridized carbons (Fsp3) is 0.684. The summed E-state index contributed by atoms with van der Waals surface area (Å²) in [6, 6.07) is 7.47. The molecule has 1 atom stereocenters. The second-order valence-corrected chi connectivity index (χ2v) is 7.61. The van der Waals surface area contributed by atoms with E-state index in [1.165, 1.54) is 60.3 Å². The average Bonchev–Trinajstić information content (AvgIpc) is 2.99. The number of rotatable bonds is 8. The number of hydrogen-bond acceptors (Lipinski definition) is 2. The molecule has 0 aromatic heterocycles. The first kappa shape index (κ1) is 16.9. The lowest BCUT2D eigenvalue weighted by Gasteiger charge is -2.20.